The molecule has 1 N–H and O–H groups in total. The Balaban J connectivity index is 2.36. The zero-order valence-electron chi connectivity index (χ0n) is 10.5. The molecule has 0 aromatic heterocycles. The van der Waals surface area contributed by atoms with Crippen molar-refractivity contribution < 1.29 is 0 Å². The maximum Gasteiger partial charge on any atom is 0.0146 e. The second-order valence-corrected chi connectivity index (χ2v) is 4.99. The number of benzene rings is 1. The van der Waals surface area contributed by atoms with Crippen LogP contribution in [0.15, 0.2) is 30.4 Å². The zero-order chi connectivity index (χ0) is 11.6. The van der Waals surface area contributed by atoms with E-state index in [4.69, 9.17) is 0 Å². The molecule has 0 spiro atoms. The summed E-state index contributed by atoms with van der Waals surface area (Å²) in [4.78, 5) is 0. The van der Waals surface area contributed by atoms with Gasteiger partial charge < -0.3 is 5.32 Å². The molecule has 0 unspecified atom stereocenters. The van der Waals surface area contributed by atoms with Crippen LogP contribution in [0.1, 0.15) is 29.5 Å². The van der Waals surface area contributed by atoms with Crippen LogP contribution in [0.5, 0.6) is 0 Å². The van der Waals surface area contributed by atoms with E-state index in [1.165, 1.54) is 16.7 Å². The fraction of sp³-hybridized carbons (Fsp3) is 0.467. The minimum absolute atomic E-state index is 0.299. The molecular weight excluding hydrogens is 194 g/mol. The van der Waals surface area contributed by atoms with Gasteiger partial charge in [0.2, 0.25) is 0 Å². The topological polar surface area (TPSA) is 12.0 Å². The van der Waals surface area contributed by atoms with Gasteiger partial charge in [0.05, 0.1) is 0 Å². The lowest BCUT2D eigenvalue weighted by molar-refractivity contribution is 0.436. The van der Waals surface area contributed by atoms with Crippen molar-refractivity contribution >= 4 is 0 Å². The molecule has 0 radical (unpaired) electrons. The van der Waals surface area contributed by atoms with Crippen molar-refractivity contribution in [3.8, 4) is 0 Å². The Hall–Kier alpha value is -1.08. The van der Waals surface area contributed by atoms with Crippen LogP contribution in [-0.4, -0.2) is 13.6 Å². The predicted molar refractivity (Wildman–Crippen MR) is 69.9 cm³/mol. The maximum atomic E-state index is 3.34. The van der Waals surface area contributed by atoms with Crippen LogP contribution in [0, 0.1) is 13.8 Å². The van der Waals surface area contributed by atoms with Crippen LogP contribution in [-0.2, 0) is 5.41 Å². The summed E-state index contributed by atoms with van der Waals surface area (Å²) in [6.45, 7) is 5.44. The predicted octanol–water partition coefficient (Wildman–Crippen LogP) is 3.11. The fourth-order valence-electron chi connectivity index (χ4n) is 2.59. The molecule has 1 aromatic rings. The summed E-state index contributed by atoms with van der Waals surface area (Å²) >= 11 is 0. The molecule has 86 valence electrons. The van der Waals surface area contributed by atoms with Gasteiger partial charge in [-0.05, 0) is 50.4 Å². The number of hydrogen-bond donors (Lipinski definition) is 1. The van der Waals surface area contributed by atoms with Gasteiger partial charge in [-0.15, -0.1) is 0 Å². The highest BCUT2D eigenvalue weighted by molar-refractivity contribution is 5.37. The lowest BCUT2D eigenvalue weighted by Gasteiger charge is -2.30. The summed E-state index contributed by atoms with van der Waals surface area (Å²) in [6.07, 6.45) is 6.95. The molecule has 1 aromatic carbocycles. The number of allylic oxidation sites excluding steroid dienone is 2. The van der Waals surface area contributed by atoms with Crippen LogP contribution in [0.4, 0.5) is 0 Å². The molecule has 0 fully saturated rings. The van der Waals surface area contributed by atoms with E-state index in [9.17, 15) is 0 Å². The average Bonchev–Trinajstić information content (AvgIpc) is 2.72. The van der Waals surface area contributed by atoms with Crippen molar-refractivity contribution in [1.29, 1.82) is 0 Å². The normalized spacial score (nSPS) is 17.9. The van der Waals surface area contributed by atoms with Gasteiger partial charge in [-0.1, -0.05) is 30.4 Å². The second-order valence-electron chi connectivity index (χ2n) is 4.99. The van der Waals surface area contributed by atoms with Crippen molar-refractivity contribution in [2.45, 2.75) is 32.1 Å². The number of aryl methyl sites for hydroxylation is 2. The second kappa shape index (κ2) is 4.42. The summed E-state index contributed by atoms with van der Waals surface area (Å²) < 4.78 is 0. The number of nitrogens with one attached hydrogen (secondary N) is 1. The highest BCUT2D eigenvalue weighted by atomic mass is 14.8. The van der Waals surface area contributed by atoms with Gasteiger partial charge in [0.25, 0.3) is 0 Å². The lowest BCUT2D eigenvalue weighted by Crippen LogP contribution is -2.34. The Labute approximate surface area is 98.6 Å². The molecule has 1 nitrogen and oxygen atoms in total. The van der Waals surface area contributed by atoms with E-state index >= 15 is 0 Å². The Kier molecular flexibility index (Phi) is 3.15. The molecule has 1 aliphatic rings. The van der Waals surface area contributed by atoms with Crippen LogP contribution in [0.25, 0.3) is 0 Å². The van der Waals surface area contributed by atoms with Gasteiger partial charge in [0.1, 0.15) is 0 Å². The third kappa shape index (κ3) is 1.92. The first-order chi connectivity index (χ1) is 7.68. The average molecular weight is 215 g/mol. The zero-order valence-corrected chi connectivity index (χ0v) is 10.5. The summed E-state index contributed by atoms with van der Waals surface area (Å²) in [5, 5.41) is 3.34. The molecule has 1 aliphatic carbocycles. The molecule has 1 heteroatoms. The Morgan fingerprint density at radius 2 is 1.81 bits per heavy atom. The van der Waals surface area contributed by atoms with E-state index in [1.807, 2.05) is 7.05 Å². The van der Waals surface area contributed by atoms with Gasteiger partial charge in [-0.3, -0.25) is 0 Å². The van der Waals surface area contributed by atoms with Gasteiger partial charge >= 0.3 is 0 Å². The van der Waals surface area contributed by atoms with Gasteiger partial charge in [0, 0.05) is 12.0 Å². The first-order valence-corrected chi connectivity index (χ1v) is 6.05. The van der Waals surface area contributed by atoms with E-state index in [-0.39, 0.29) is 0 Å². The minimum atomic E-state index is 0.299. The standard InChI is InChI=1S/C15H21N/c1-12-6-7-14(10-13(12)2)15(11-16-3)8-4-5-9-15/h4-7,10,16H,8-9,11H2,1-3H3. The third-order valence-electron chi connectivity index (χ3n) is 3.82. The monoisotopic (exact) mass is 215 g/mol. The van der Waals surface area contributed by atoms with Crippen LogP contribution < -0.4 is 5.32 Å². The SMILES string of the molecule is CNCC1(c2ccc(C)c(C)c2)CC=CC1. The Bertz CT molecular complexity index is 396. The van der Waals surface area contributed by atoms with Crippen LogP contribution in [0.3, 0.4) is 0 Å². The largest absolute Gasteiger partial charge is 0.319 e. The van der Waals surface area contributed by atoms with E-state index in [2.05, 4.69) is 49.5 Å². The Morgan fingerprint density at radius 3 is 2.38 bits per heavy atom. The first-order valence-electron chi connectivity index (χ1n) is 6.05. The molecule has 0 saturated heterocycles. The molecule has 0 aliphatic heterocycles. The summed E-state index contributed by atoms with van der Waals surface area (Å²) in [5.74, 6) is 0. The van der Waals surface area contributed by atoms with Gasteiger partial charge in [-0.2, -0.15) is 0 Å². The molecule has 0 amide bonds. The lowest BCUT2D eigenvalue weighted by atomic mass is 9.77. The summed E-state index contributed by atoms with van der Waals surface area (Å²) in [6, 6.07) is 6.91. The number of rotatable bonds is 3. The van der Waals surface area contributed by atoms with Crippen molar-refractivity contribution in [2.75, 3.05) is 13.6 Å². The van der Waals surface area contributed by atoms with E-state index in [0.29, 0.717) is 5.41 Å². The molecule has 0 bridgehead atoms. The van der Waals surface area contributed by atoms with E-state index in [0.717, 1.165) is 19.4 Å². The van der Waals surface area contributed by atoms with E-state index < -0.39 is 0 Å². The molecule has 0 heterocycles. The number of hydrogen-bond acceptors (Lipinski definition) is 1. The summed E-state index contributed by atoms with van der Waals surface area (Å²) in [7, 11) is 2.04. The van der Waals surface area contributed by atoms with Crippen molar-refractivity contribution in [2.24, 2.45) is 0 Å². The van der Waals surface area contributed by atoms with E-state index in [1.54, 1.807) is 0 Å². The van der Waals surface area contributed by atoms with Crippen molar-refractivity contribution in [3.63, 3.8) is 0 Å². The first kappa shape index (κ1) is 11.4. The Morgan fingerprint density at radius 1 is 1.12 bits per heavy atom. The van der Waals surface area contributed by atoms with Crippen LogP contribution >= 0.6 is 0 Å². The molecule has 2 rings (SSSR count). The van der Waals surface area contributed by atoms with Crippen molar-refractivity contribution in [1.82, 2.24) is 5.32 Å². The van der Waals surface area contributed by atoms with Gasteiger partial charge in [0.15, 0.2) is 0 Å². The van der Waals surface area contributed by atoms with Crippen LogP contribution in [0.2, 0.25) is 0 Å². The number of likely N-dealkylation sites (N-methyl/N-ethyl adjacent to an activating group) is 1. The fourth-order valence-corrected chi connectivity index (χ4v) is 2.59. The highest BCUT2D eigenvalue weighted by Crippen LogP contribution is 2.37. The van der Waals surface area contributed by atoms with Gasteiger partial charge in [-0.25, -0.2) is 0 Å². The molecular formula is C15H21N. The smallest absolute Gasteiger partial charge is 0.0146 e. The molecule has 16 heavy (non-hydrogen) atoms. The molecule has 0 saturated carbocycles. The highest BCUT2D eigenvalue weighted by Gasteiger charge is 2.32. The maximum absolute atomic E-state index is 3.34. The molecule has 0 atom stereocenters. The summed E-state index contributed by atoms with van der Waals surface area (Å²) in [5.41, 5.74) is 4.57. The third-order valence-corrected chi connectivity index (χ3v) is 3.82. The van der Waals surface area contributed by atoms with Crippen molar-refractivity contribution in [3.05, 3.63) is 47.0 Å². The quantitative estimate of drug-likeness (QED) is 0.764. The minimum Gasteiger partial charge on any atom is -0.319 e.